The highest BCUT2D eigenvalue weighted by Gasteiger charge is 2.28. The first kappa shape index (κ1) is 19.8. The maximum absolute atomic E-state index is 12.9. The number of sulfonamides is 1. The van der Waals surface area contributed by atoms with E-state index in [0.29, 0.717) is 35.5 Å². The number of carbonyl (C=O) groups excluding carboxylic acids is 2. The fraction of sp³-hybridized carbons (Fsp3) is 0.263. The van der Waals surface area contributed by atoms with Crippen LogP contribution in [-0.2, 0) is 26.2 Å². The quantitative estimate of drug-likeness (QED) is 0.760. The van der Waals surface area contributed by atoms with Crippen molar-refractivity contribution in [2.24, 2.45) is 0 Å². The highest BCUT2D eigenvalue weighted by Crippen LogP contribution is 2.27. The van der Waals surface area contributed by atoms with Crippen molar-refractivity contribution in [3.05, 3.63) is 59.4 Å². The van der Waals surface area contributed by atoms with E-state index in [4.69, 9.17) is 0 Å². The summed E-state index contributed by atoms with van der Waals surface area (Å²) in [6.07, 6.45) is 0.577. The third-order valence-electron chi connectivity index (χ3n) is 4.42. The van der Waals surface area contributed by atoms with Gasteiger partial charge in [-0.05, 0) is 54.8 Å². The van der Waals surface area contributed by atoms with E-state index in [9.17, 15) is 22.4 Å². The second-order valence-electron chi connectivity index (χ2n) is 6.50. The molecule has 2 N–H and O–H groups in total. The van der Waals surface area contributed by atoms with Crippen molar-refractivity contribution < 1.29 is 22.4 Å². The van der Waals surface area contributed by atoms with Crippen LogP contribution in [0.5, 0.6) is 0 Å². The zero-order valence-corrected chi connectivity index (χ0v) is 16.1. The number of hydrogen-bond donors (Lipinski definition) is 2. The van der Waals surface area contributed by atoms with Crippen molar-refractivity contribution in [1.82, 2.24) is 5.32 Å². The molecule has 148 valence electrons. The molecule has 1 heterocycles. The molecule has 0 saturated carbocycles. The van der Waals surface area contributed by atoms with Crippen LogP contribution >= 0.6 is 0 Å². The first-order chi connectivity index (χ1) is 13.3. The Labute approximate surface area is 162 Å². The zero-order chi connectivity index (χ0) is 20.3. The molecule has 2 aromatic carbocycles. The number of hydrogen-bond acceptors (Lipinski definition) is 4. The van der Waals surface area contributed by atoms with E-state index in [-0.39, 0.29) is 18.1 Å². The lowest BCUT2D eigenvalue weighted by molar-refractivity contribution is -0.136. The van der Waals surface area contributed by atoms with Gasteiger partial charge in [-0.15, -0.1) is 0 Å². The normalized spacial score (nSPS) is 15.3. The molecule has 0 bridgehead atoms. The second-order valence-corrected chi connectivity index (χ2v) is 8.52. The van der Waals surface area contributed by atoms with E-state index < -0.39 is 21.8 Å². The number of carbonyl (C=O) groups is 2. The molecule has 2 amide bonds. The van der Waals surface area contributed by atoms with Gasteiger partial charge in [0.1, 0.15) is 5.82 Å². The van der Waals surface area contributed by atoms with Gasteiger partial charge in [-0.3, -0.25) is 13.9 Å². The molecule has 1 fully saturated rings. The first-order valence-corrected chi connectivity index (χ1v) is 10.3. The van der Waals surface area contributed by atoms with E-state index in [1.54, 1.807) is 25.1 Å². The number of nitrogens with zero attached hydrogens (tertiary/aromatic N) is 1. The van der Waals surface area contributed by atoms with Crippen LogP contribution < -0.4 is 14.9 Å². The Morgan fingerprint density at radius 2 is 1.82 bits per heavy atom. The summed E-state index contributed by atoms with van der Waals surface area (Å²) >= 11 is 0. The second kappa shape index (κ2) is 7.97. The van der Waals surface area contributed by atoms with Gasteiger partial charge in [0.15, 0.2) is 0 Å². The fourth-order valence-corrected chi connectivity index (χ4v) is 4.47. The molecule has 7 nitrogen and oxygen atoms in total. The van der Waals surface area contributed by atoms with Crippen LogP contribution in [0.15, 0.2) is 42.5 Å². The lowest BCUT2D eigenvalue weighted by Crippen LogP contribution is -2.35. The molecule has 9 heteroatoms. The number of aryl methyl sites for hydroxylation is 1. The van der Waals surface area contributed by atoms with Gasteiger partial charge < -0.3 is 10.6 Å². The average Bonchev–Trinajstić information content (AvgIpc) is 3.01. The molecule has 0 spiro atoms. The largest absolute Gasteiger partial charge is 0.344 e. The smallest absolute Gasteiger partial charge is 0.313 e. The number of nitrogens with one attached hydrogen (secondary N) is 2. The predicted molar refractivity (Wildman–Crippen MR) is 104 cm³/mol. The number of amides is 2. The van der Waals surface area contributed by atoms with Crippen LogP contribution in [0.25, 0.3) is 0 Å². The van der Waals surface area contributed by atoms with Gasteiger partial charge in [-0.1, -0.05) is 12.1 Å². The number of halogens is 1. The van der Waals surface area contributed by atoms with Crippen molar-refractivity contribution in [3.63, 3.8) is 0 Å². The van der Waals surface area contributed by atoms with Crippen LogP contribution in [0.4, 0.5) is 15.8 Å². The van der Waals surface area contributed by atoms with Gasteiger partial charge in [-0.25, -0.2) is 12.8 Å². The minimum Gasteiger partial charge on any atom is -0.344 e. The summed E-state index contributed by atoms with van der Waals surface area (Å²) in [6.45, 7) is 2.24. The van der Waals surface area contributed by atoms with Gasteiger partial charge in [0.2, 0.25) is 10.0 Å². The van der Waals surface area contributed by atoms with E-state index in [1.165, 1.54) is 28.6 Å². The Morgan fingerprint density at radius 3 is 2.43 bits per heavy atom. The van der Waals surface area contributed by atoms with Crippen LogP contribution in [0.3, 0.4) is 0 Å². The van der Waals surface area contributed by atoms with Gasteiger partial charge in [0.25, 0.3) is 0 Å². The third-order valence-corrected chi connectivity index (χ3v) is 6.29. The topological polar surface area (TPSA) is 95.6 Å². The molecule has 1 aliphatic rings. The minimum absolute atomic E-state index is 0.0945. The Balaban J connectivity index is 1.62. The SMILES string of the molecule is Cc1cc(N2CCCS2(=O)=O)ccc1NC(=O)C(=O)NCc1ccc(F)cc1. The summed E-state index contributed by atoms with van der Waals surface area (Å²) in [5.74, 6) is -1.92. The maximum atomic E-state index is 12.9. The standard InChI is InChI=1S/C19H20FN3O4S/c1-13-11-16(23-9-2-10-28(23,26)27)7-8-17(13)22-19(25)18(24)21-12-14-3-5-15(20)6-4-14/h3-8,11H,2,9-10,12H2,1H3,(H,21,24)(H,22,25). The van der Waals surface area contributed by atoms with Gasteiger partial charge in [0.05, 0.1) is 11.4 Å². The van der Waals surface area contributed by atoms with Crippen LogP contribution in [0, 0.1) is 12.7 Å². The first-order valence-electron chi connectivity index (χ1n) is 8.71. The molecule has 0 unspecified atom stereocenters. The van der Waals surface area contributed by atoms with Crippen LogP contribution in [0.1, 0.15) is 17.5 Å². The molecule has 2 aromatic rings. The van der Waals surface area contributed by atoms with E-state index in [0.717, 1.165) is 0 Å². The molecule has 1 saturated heterocycles. The van der Waals surface area contributed by atoms with E-state index >= 15 is 0 Å². The van der Waals surface area contributed by atoms with Crippen molar-refractivity contribution >= 4 is 33.2 Å². The molecule has 0 atom stereocenters. The Bertz CT molecular complexity index is 1010. The van der Waals surface area contributed by atoms with Crippen molar-refractivity contribution in [2.75, 3.05) is 21.9 Å². The summed E-state index contributed by atoms with van der Waals surface area (Å²) in [7, 11) is -3.28. The number of rotatable bonds is 4. The van der Waals surface area contributed by atoms with Crippen molar-refractivity contribution in [2.45, 2.75) is 19.9 Å². The molecular weight excluding hydrogens is 385 g/mol. The van der Waals surface area contributed by atoms with Gasteiger partial charge in [-0.2, -0.15) is 0 Å². The Morgan fingerprint density at radius 1 is 1.11 bits per heavy atom. The number of benzene rings is 2. The van der Waals surface area contributed by atoms with Gasteiger partial charge >= 0.3 is 11.8 Å². The van der Waals surface area contributed by atoms with E-state index in [1.807, 2.05) is 0 Å². The zero-order valence-electron chi connectivity index (χ0n) is 15.2. The molecule has 0 aliphatic carbocycles. The van der Waals surface area contributed by atoms with Crippen molar-refractivity contribution in [1.29, 1.82) is 0 Å². The molecule has 3 rings (SSSR count). The van der Waals surface area contributed by atoms with Crippen LogP contribution in [0.2, 0.25) is 0 Å². The Kier molecular flexibility index (Phi) is 5.64. The highest BCUT2D eigenvalue weighted by molar-refractivity contribution is 7.93. The highest BCUT2D eigenvalue weighted by atomic mass is 32.2. The van der Waals surface area contributed by atoms with E-state index in [2.05, 4.69) is 10.6 Å². The number of anilines is 2. The van der Waals surface area contributed by atoms with Crippen LogP contribution in [-0.4, -0.2) is 32.5 Å². The lowest BCUT2D eigenvalue weighted by Gasteiger charge is -2.18. The summed E-state index contributed by atoms with van der Waals surface area (Å²) in [5, 5.41) is 4.98. The summed E-state index contributed by atoms with van der Waals surface area (Å²) in [6, 6.07) is 10.4. The summed E-state index contributed by atoms with van der Waals surface area (Å²) in [4.78, 5) is 24.1. The molecule has 0 aromatic heterocycles. The maximum Gasteiger partial charge on any atom is 0.313 e. The molecule has 28 heavy (non-hydrogen) atoms. The molecule has 0 radical (unpaired) electrons. The Hall–Kier alpha value is -2.94. The monoisotopic (exact) mass is 405 g/mol. The fourth-order valence-electron chi connectivity index (χ4n) is 2.92. The average molecular weight is 405 g/mol. The van der Waals surface area contributed by atoms with Gasteiger partial charge in [0, 0.05) is 18.8 Å². The van der Waals surface area contributed by atoms with Crippen molar-refractivity contribution in [3.8, 4) is 0 Å². The predicted octanol–water partition coefficient (Wildman–Crippen LogP) is 1.93. The lowest BCUT2D eigenvalue weighted by atomic mass is 10.1. The summed E-state index contributed by atoms with van der Waals surface area (Å²) < 4.78 is 38.3. The minimum atomic E-state index is -3.28. The summed E-state index contributed by atoms with van der Waals surface area (Å²) in [5.41, 5.74) is 2.25. The third kappa shape index (κ3) is 4.48. The molecular formula is C19H20FN3O4S. The molecule has 1 aliphatic heterocycles.